The van der Waals surface area contributed by atoms with E-state index in [1.165, 1.54) is 4.68 Å². The van der Waals surface area contributed by atoms with Crippen LogP contribution in [0.1, 0.15) is 47.3 Å². The molecule has 0 unspecified atom stereocenters. The average Bonchev–Trinajstić information content (AvgIpc) is 3.12. The van der Waals surface area contributed by atoms with Gasteiger partial charge in [-0.25, -0.2) is 9.97 Å². The van der Waals surface area contributed by atoms with Gasteiger partial charge in [-0.15, -0.1) is 0 Å². The number of carbonyl (C=O) groups is 1. The molecule has 0 aliphatic rings. The Hall–Kier alpha value is -3.03. The Labute approximate surface area is 138 Å². The second-order valence-corrected chi connectivity index (χ2v) is 5.72. The monoisotopic (exact) mass is 326 g/mol. The average molecular weight is 326 g/mol. The van der Waals surface area contributed by atoms with Crippen molar-refractivity contribution in [1.29, 1.82) is 0 Å². The zero-order valence-electron chi connectivity index (χ0n) is 13.9. The Morgan fingerprint density at radius 3 is 2.54 bits per heavy atom. The normalized spacial score (nSPS) is 11.0. The predicted molar refractivity (Wildman–Crippen MR) is 87.2 cm³/mol. The van der Waals surface area contributed by atoms with E-state index in [4.69, 9.17) is 4.52 Å². The lowest BCUT2D eigenvalue weighted by Crippen LogP contribution is -2.17. The van der Waals surface area contributed by atoms with Crippen LogP contribution < -0.4 is 5.32 Å². The smallest absolute Gasteiger partial charge is 0.262 e. The molecule has 0 aromatic carbocycles. The minimum absolute atomic E-state index is 0.199. The fraction of sp³-hybridized carbons (Fsp3) is 0.312. The molecule has 0 aliphatic carbocycles. The van der Waals surface area contributed by atoms with Crippen molar-refractivity contribution in [1.82, 2.24) is 24.9 Å². The van der Waals surface area contributed by atoms with Crippen LogP contribution in [0.3, 0.4) is 0 Å². The van der Waals surface area contributed by atoms with Gasteiger partial charge in [0, 0.05) is 18.5 Å². The summed E-state index contributed by atoms with van der Waals surface area (Å²) in [7, 11) is 0. The van der Waals surface area contributed by atoms with Crippen molar-refractivity contribution in [2.75, 3.05) is 5.32 Å². The van der Waals surface area contributed by atoms with Gasteiger partial charge in [-0.05, 0) is 25.8 Å². The van der Waals surface area contributed by atoms with Crippen molar-refractivity contribution in [2.24, 2.45) is 0 Å². The highest BCUT2D eigenvalue weighted by Gasteiger charge is 2.21. The summed E-state index contributed by atoms with van der Waals surface area (Å²) < 4.78 is 6.57. The van der Waals surface area contributed by atoms with Crippen molar-refractivity contribution in [3.05, 3.63) is 47.2 Å². The molecule has 0 bridgehead atoms. The highest BCUT2D eigenvalue weighted by Crippen LogP contribution is 2.22. The topological polar surface area (TPSA) is 98.7 Å². The maximum Gasteiger partial charge on any atom is 0.262 e. The van der Waals surface area contributed by atoms with Crippen molar-refractivity contribution < 1.29 is 9.32 Å². The van der Waals surface area contributed by atoms with Gasteiger partial charge < -0.3 is 9.84 Å². The fourth-order valence-electron chi connectivity index (χ4n) is 2.31. The summed E-state index contributed by atoms with van der Waals surface area (Å²) in [5, 5.41) is 11.2. The van der Waals surface area contributed by atoms with Crippen molar-refractivity contribution in [2.45, 2.75) is 33.6 Å². The standard InChI is InChI=1S/C16H18N6O2/c1-9(2)12-8-13(22(20-12)16-17-6-5-7-18-16)19-15(23)14-10(3)21-24-11(14)4/h5-9H,1-4H3,(H,19,23). The highest BCUT2D eigenvalue weighted by atomic mass is 16.5. The molecule has 0 saturated heterocycles. The number of anilines is 1. The summed E-state index contributed by atoms with van der Waals surface area (Å²) in [6, 6.07) is 3.54. The van der Waals surface area contributed by atoms with Crippen LogP contribution in [-0.2, 0) is 0 Å². The van der Waals surface area contributed by atoms with E-state index in [0.29, 0.717) is 28.8 Å². The number of hydrogen-bond donors (Lipinski definition) is 1. The molecule has 0 atom stereocenters. The third-order valence-electron chi connectivity index (χ3n) is 3.56. The SMILES string of the molecule is Cc1noc(C)c1C(=O)Nc1cc(C(C)C)nn1-c1ncccn1. The number of nitrogens with zero attached hydrogens (tertiary/aromatic N) is 5. The third-order valence-corrected chi connectivity index (χ3v) is 3.56. The van der Waals surface area contributed by atoms with E-state index in [1.54, 1.807) is 32.3 Å². The van der Waals surface area contributed by atoms with E-state index in [2.05, 4.69) is 25.5 Å². The molecule has 3 heterocycles. The van der Waals surface area contributed by atoms with E-state index >= 15 is 0 Å². The molecule has 24 heavy (non-hydrogen) atoms. The lowest BCUT2D eigenvalue weighted by atomic mass is 10.1. The molecule has 0 spiro atoms. The quantitative estimate of drug-likeness (QED) is 0.791. The van der Waals surface area contributed by atoms with Crippen molar-refractivity contribution in [3.63, 3.8) is 0 Å². The van der Waals surface area contributed by atoms with Crippen LogP contribution in [0, 0.1) is 13.8 Å². The van der Waals surface area contributed by atoms with Crippen LogP contribution >= 0.6 is 0 Å². The molecule has 0 aliphatic heterocycles. The molecule has 1 amide bonds. The van der Waals surface area contributed by atoms with Gasteiger partial charge in [0.05, 0.1) is 11.4 Å². The van der Waals surface area contributed by atoms with Crippen LogP contribution in [0.2, 0.25) is 0 Å². The van der Waals surface area contributed by atoms with E-state index in [1.807, 2.05) is 19.9 Å². The Morgan fingerprint density at radius 2 is 1.96 bits per heavy atom. The van der Waals surface area contributed by atoms with Crippen LogP contribution in [0.4, 0.5) is 5.82 Å². The largest absolute Gasteiger partial charge is 0.361 e. The molecular formula is C16H18N6O2. The second-order valence-electron chi connectivity index (χ2n) is 5.72. The first-order valence-electron chi connectivity index (χ1n) is 7.59. The van der Waals surface area contributed by atoms with Crippen LogP contribution in [0.15, 0.2) is 29.0 Å². The third kappa shape index (κ3) is 2.90. The lowest BCUT2D eigenvalue weighted by Gasteiger charge is -2.06. The minimum atomic E-state index is -0.307. The minimum Gasteiger partial charge on any atom is -0.361 e. The summed E-state index contributed by atoms with van der Waals surface area (Å²) in [5.41, 5.74) is 1.79. The van der Waals surface area contributed by atoms with E-state index < -0.39 is 0 Å². The molecule has 0 saturated carbocycles. The van der Waals surface area contributed by atoms with Gasteiger partial charge in [-0.2, -0.15) is 9.78 Å². The number of carbonyl (C=O) groups excluding carboxylic acids is 1. The highest BCUT2D eigenvalue weighted by molar-refractivity contribution is 6.05. The molecule has 0 fully saturated rings. The Kier molecular flexibility index (Phi) is 4.11. The van der Waals surface area contributed by atoms with Gasteiger partial charge in [0.15, 0.2) is 0 Å². The van der Waals surface area contributed by atoms with Gasteiger partial charge in [0.2, 0.25) is 0 Å². The van der Waals surface area contributed by atoms with Gasteiger partial charge in [0.1, 0.15) is 17.1 Å². The van der Waals surface area contributed by atoms with Gasteiger partial charge >= 0.3 is 0 Å². The molecule has 1 N–H and O–H groups in total. The molecule has 8 nitrogen and oxygen atoms in total. The zero-order chi connectivity index (χ0) is 17.3. The first-order chi connectivity index (χ1) is 11.5. The number of amides is 1. The summed E-state index contributed by atoms with van der Waals surface area (Å²) in [6.07, 6.45) is 3.25. The van der Waals surface area contributed by atoms with Crippen LogP contribution in [0.25, 0.3) is 5.95 Å². The fourth-order valence-corrected chi connectivity index (χ4v) is 2.31. The maximum absolute atomic E-state index is 12.6. The van der Waals surface area contributed by atoms with Crippen LogP contribution in [0.5, 0.6) is 0 Å². The summed E-state index contributed by atoms with van der Waals surface area (Å²) in [6.45, 7) is 7.48. The second kappa shape index (κ2) is 6.23. The zero-order valence-corrected chi connectivity index (χ0v) is 13.9. The number of hydrogen-bond acceptors (Lipinski definition) is 6. The Morgan fingerprint density at radius 1 is 1.25 bits per heavy atom. The van der Waals surface area contributed by atoms with E-state index in [9.17, 15) is 4.79 Å². The Balaban J connectivity index is 2.00. The summed E-state index contributed by atoms with van der Waals surface area (Å²) >= 11 is 0. The first kappa shape index (κ1) is 15.9. The summed E-state index contributed by atoms with van der Waals surface area (Å²) in [5.74, 6) is 1.24. The first-order valence-corrected chi connectivity index (χ1v) is 7.59. The number of rotatable bonds is 4. The van der Waals surface area contributed by atoms with Gasteiger partial charge in [-0.3, -0.25) is 4.79 Å². The summed E-state index contributed by atoms with van der Waals surface area (Å²) in [4.78, 5) is 21.0. The molecule has 3 aromatic rings. The molecular weight excluding hydrogens is 308 g/mol. The van der Waals surface area contributed by atoms with Gasteiger partial charge in [0.25, 0.3) is 11.9 Å². The van der Waals surface area contributed by atoms with Crippen LogP contribution in [-0.4, -0.2) is 30.8 Å². The molecule has 3 aromatic heterocycles. The molecule has 124 valence electrons. The maximum atomic E-state index is 12.6. The van der Waals surface area contributed by atoms with Crippen molar-refractivity contribution >= 4 is 11.7 Å². The van der Waals surface area contributed by atoms with Crippen molar-refractivity contribution in [3.8, 4) is 5.95 Å². The number of aryl methyl sites for hydroxylation is 2. The lowest BCUT2D eigenvalue weighted by molar-refractivity contribution is 0.102. The molecule has 3 rings (SSSR count). The van der Waals surface area contributed by atoms with E-state index in [0.717, 1.165) is 5.69 Å². The number of aromatic nitrogens is 5. The molecule has 8 heteroatoms. The van der Waals surface area contributed by atoms with Gasteiger partial charge in [-0.1, -0.05) is 19.0 Å². The molecule has 0 radical (unpaired) electrons. The predicted octanol–water partition coefficient (Wildman–Crippen LogP) is 2.64. The van der Waals surface area contributed by atoms with E-state index in [-0.39, 0.29) is 11.8 Å². The number of nitrogens with one attached hydrogen (secondary N) is 1. The Bertz CT molecular complexity index is 847.